The second kappa shape index (κ2) is 9.21. The molecule has 1 N–H and O–H groups in total. The van der Waals surface area contributed by atoms with Crippen molar-refractivity contribution in [3.63, 3.8) is 0 Å². The zero-order valence-electron chi connectivity index (χ0n) is 11.5. The van der Waals surface area contributed by atoms with Gasteiger partial charge in [-0.05, 0) is 43.7 Å². The highest BCUT2D eigenvalue weighted by Gasteiger charge is 2.14. The minimum Gasteiger partial charge on any atom is -0.316 e. The van der Waals surface area contributed by atoms with Crippen LogP contribution in [0, 0.1) is 17.8 Å². The van der Waals surface area contributed by atoms with Gasteiger partial charge in [-0.25, -0.2) is 0 Å². The van der Waals surface area contributed by atoms with Gasteiger partial charge in [-0.15, -0.1) is 0 Å². The van der Waals surface area contributed by atoms with Crippen molar-refractivity contribution in [2.24, 2.45) is 17.8 Å². The van der Waals surface area contributed by atoms with Gasteiger partial charge in [0.25, 0.3) is 0 Å². The fourth-order valence-corrected chi connectivity index (χ4v) is 2.19. The highest BCUT2D eigenvalue weighted by Crippen LogP contribution is 2.22. The lowest BCUT2D eigenvalue weighted by Crippen LogP contribution is -2.26. The maximum absolute atomic E-state index is 3.52. The third-order valence-electron chi connectivity index (χ3n) is 3.42. The molecule has 0 radical (unpaired) electrons. The predicted molar refractivity (Wildman–Crippen MR) is 70.2 cm³/mol. The molecule has 0 aromatic heterocycles. The van der Waals surface area contributed by atoms with Crippen LogP contribution in [0.15, 0.2) is 0 Å². The standard InChI is InChI=1S/C14H31N/c1-6-8-12(3)10-13(4)14(5)11-15-9-7-2/h12-15H,6-11H2,1-5H3. The topological polar surface area (TPSA) is 12.0 Å². The van der Waals surface area contributed by atoms with Gasteiger partial charge in [-0.1, -0.05) is 47.5 Å². The Bertz CT molecular complexity index is 133. The van der Waals surface area contributed by atoms with Crippen LogP contribution in [0.1, 0.15) is 60.3 Å². The van der Waals surface area contributed by atoms with E-state index < -0.39 is 0 Å². The lowest BCUT2D eigenvalue weighted by molar-refractivity contribution is 0.295. The molecule has 0 heterocycles. The first kappa shape index (κ1) is 15.0. The van der Waals surface area contributed by atoms with Gasteiger partial charge in [0.15, 0.2) is 0 Å². The van der Waals surface area contributed by atoms with Crippen LogP contribution in [0.5, 0.6) is 0 Å². The Balaban J connectivity index is 3.62. The van der Waals surface area contributed by atoms with Gasteiger partial charge in [0.1, 0.15) is 0 Å². The smallest absolute Gasteiger partial charge is 0.00206 e. The number of rotatable bonds is 9. The van der Waals surface area contributed by atoms with Crippen molar-refractivity contribution in [3.05, 3.63) is 0 Å². The van der Waals surface area contributed by atoms with Crippen molar-refractivity contribution in [3.8, 4) is 0 Å². The molecule has 0 saturated heterocycles. The maximum atomic E-state index is 3.52. The molecular weight excluding hydrogens is 182 g/mol. The number of hydrogen-bond donors (Lipinski definition) is 1. The summed E-state index contributed by atoms with van der Waals surface area (Å²) < 4.78 is 0. The van der Waals surface area contributed by atoms with Crippen LogP contribution in [0.3, 0.4) is 0 Å². The number of hydrogen-bond acceptors (Lipinski definition) is 1. The molecule has 0 amide bonds. The normalized spacial score (nSPS) is 17.4. The fourth-order valence-electron chi connectivity index (χ4n) is 2.19. The molecule has 0 aliphatic carbocycles. The Labute approximate surface area is 97.0 Å². The van der Waals surface area contributed by atoms with Gasteiger partial charge in [-0.2, -0.15) is 0 Å². The van der Waals surface area contributed by atoms with Gasteiger partial charge in [0, 0.05) is 0 Å². The predicted octanol–water partition coefficient (Wildman–Crippen LogP) is 4.08. The lowest BCUT2D eigenvalue weighted by atomic mass is 9.86. The van der Waals surface area contributed by atoms with Crippen molar-refractivity contribution in [2.45, 2.75) is 60.3 Å². The molecule has 3 atom stereocenters. The Hall–Kier alpha value is -0.0400. The van der Waals surface area contributed by atoms with E-state index in [2.05, 4.69) is 39.9 Å². The summed E-state index contributed by atoms with van der Waals surface area (Å²) in [5.41, 5.74) is 0. The van der Waals surface area contributed by atoms with Crippen molar-refractivity contribution >= 4 is 0 Å². The molecule has 0 aromatic rings. The molecule has 0 spiro atoms. The van der Waals surface area contributed by atoms with Crippen LogP contribution in [0.25, 0.3) is 0 Å². The quantitative estimate of drug-likeness (QED) is 0.569. The summed E-state index contributed by atoms with van der Waals surface area (Å²) >= 11 is 0. The molecule has 0 bridgehead atoms. The van der Waals surface area contributed by atoms with Crippen LogP contribution in [-0.4, -0.2) is 13.1 Å². The second-order valence-electron chi connectivity index (χ2n) is 5.29. The maximum Gasteiger partial charge on any atom is -0.00206 e. The monoisotopic (exact) mass is 213 g/mol. The fraction of sp³-hybridized carbons (Fsp3) is 1.00. The van der Waals surface area contributed by atoms with E-state index in [9.17, 15) is 0 Å². The SMILES string of the molecule is CCCNCC(C)C(C)CC(C)CCC. The van der Waals surface area contributed by atoms with E-state index in [0.717, 1.165) is 17.8 Å². The Kier molecular flexibility index (Phi) is 9.18. The average Bonchev–Trinajstić information content (AvgIpc) is 2.18. The zero-order valence-corrected chi connectivity index (χ0v) is 11.5. The van der Waals surface area contributed by atoms with Crippen LogP contribution < -0.4 is 5.32 Å². The summed E-state index contributed by atoms with van der Waals surface area (Å²) in [5.74, 6) is 2.57. The average molecular weight is 213 g/mol. The molecule has 0 aromatic carbocycles. The van der Waals surface area contributed by atoms with E-state index in [4.69, 9.17) is 0 Å². The summed E-state index contributed by atoms with van der Waals surface area (Å²) in [6.07, 6.45) is 5.35. The van der Waals surface area contributed by atoms with Gasteiger partial charge in [0.05, 0.1) is 0 Å². The molecule has 0 rings (SSSR count). The third kappa shape index (κ3) is 7.84. The van der Waals surface area contributed by atoms with Crippen molar-refractivity contribution in [2.75, 3.05) is 13.1 Å². The molecule has 0 aliphatic heterocycles. The summed E-state index contributed by atoms with van der Waals surface area (Å²) in [5, 5.41) is 3.52. The highest BCUT2D eigenvalue weighted by molar-refractivity contribution is 4.67. The van der Waals surface area contributed by atoms with Crippen molar-refractivity contribution in [1.82, 2.24) is 5.32 Å². The van der Waals surface area contributed by atoms with Crippen molar-refractivity contribution in [1.29, 1.82) is 0 Å². The second-order valence-corrected chi connectivity index (χ2v) is 5.29. The molecule has 15 heavy (non-hydrogen) atoms. The van der Waals surface area contributed by atoms with Crippen LogP contribution in [0.2, 0.25) is 0 Å². The van der Waals surface area contributed by atoms with E-state index in [0.29, 0.717) is 0 Å². The van der Waals surface area contributed by atoms with E-state index >= 15 is 0 Å². The molecule has 0 fully saturated rings. The van der Waals surface area contributed by atoms with Crippen LogP contribution in [0.4, 0.5) is 0 Å². The zero-order chi connectivity index (χ0) is 11.7. The molecule has 1 heteroatoms. The summed E-state index contributed by atoms with van der Waals surface area (Å²) in [6.45, 7) is 14.1. The molecule has 0 saturated carbocycles. The Morgan fingerprint density at radius 2 is 1.60 bits per heavy atom. The minimum atomic E-state index is 0.816. The Morgan fingerprint density at radius 1 is 0.933 bits per heavy atom. The molecule has 1 nitrogen and oxygen atoms in total. The first-order valence-corrected chi connectivity index (χ1v) is 6.82. The molecule has 92 valence electrons. The van der Waals surface area contributed by atoms with Gasteiger partial charge in [0.2, 0.25) is 0 Å². The Morgan fingerprint density at radius 3 is 2.13 bits per heavy atom. The highest BCUT2D eigenvalue weighted by atomic mass is 14.8. The van der Waals surface area contributed by atoms with Gasteiger partial charge < -0.3 is 5.32 Å². The van der Waals surface area contributed by atoms with Crippen molar-refractivity contribution < 1.29 is 0 Å². The largest absolute Gasteiger partial charge is 0.316 e. The number of nitrogens with one attached hydrogen (secondary N) is 1. The van der Waals surface area contributed by atoms with E-state index in [1.54, 1.807) is 0 Å². The van der Waals surface area contributed by atoms with Crippen LogP contribution in [-0.2, 0) is 0 Å². The first-order valence-electron chi connectivity index (χ1n) is 6.82. The van der Waals surface area contributed by atoms with E-state index in [1.165, 1.54) is 38.8 Å². The first-order chi connectivity index (χ1) is 7.11. The van der Waals surface area contributed by atoms with Crippen LogP contribution >= 0.6 is 0 Å². The minimum absolute atomic E-state index is 0.816. The third-order valence-corrected chi connectivity index (χ3v) is 3.42. The molecule has 3 unspecified atom stereocenters. The van der Waals surface area contributed by atoms with Gasteiger partial charge in [-0.3, -0.25) is 0 Å². The van der Waals surface area contributed by atoms with E-state index in [-0.39, 0.29) is 0 Å². The summed E-state index contributed by atoms with van der Waals surface area (Å²) in [6, 6.07) is 0. The van der Waals surface area contributed by atoms with Gasteiger partial charge >= 0.3 is 0 Å². The summed E-state index contributed by atoms with van der Waals surface area (Å²) in [4.78, 5) is 0. The molecular formula is C14H31N. The summed E-state index contributed by atoms with van der Waals surface area (Å²) in [7, 11) is 0. The van der Waals surface area contributed by atoms with E-state index in [1.807, 2.05) is 0 Å². The lowest BCUT2D eigenvalue weighted by Gasteiger charge is -2.23. The molecule has 0 aliphatic rings.